The Labute approximate surface area is 80.8 Å². The van der Waals surface area contributed by atoms with Gasteiger partial charge in [0, 0.05) is 6.42 Å². The number of nitrogens with one attached hydrogen (secondary N) is 1. The van der Waals surface area contributed by atoms with Gasteiger partial charge >= 0.3 is 0 Å². The molecule has 0 fully saturated rings. The predicted molar refractivity (Wildman–Crippen MR) is 53.1 cm³/mol. The molecule has 0 heterocycles. The first-order chi connectivity index (χ1) is 5.60. The molecule has 0 radical (unpaired) electrons. The summed E-state index contributed by atoms with van der Waals surface area (Å²) in [4.78, 5) is 16.4. The first-order valence-corrected chi connectivity index (χ1v) is 4.57. The van der Waals surface area contributed by atoms with E-state index in [4.69, 9.17) is 4.84 Å². The number of carbonyl (C=O) groups is 1. The number of amides is 1. The van der Waals surface area contributed by atoms with Gasteiger partial charge in [-0.2, -0.15) is 0 Å². The van der Waals surface area contributed by atoms with Crippen molar-refractivity contribution in [2.24, 2.45) is 5.41 Å². The normalized spacial score (nSPS) is 12.8. The zero-order valence-electron chi connectivity index (χ0n) is 9.52. The molecule has 0 aromatic carbocycles. The third-order valence-electron chi connectivity index (χ3n) is 1.16. The van der Waals surface area contributed by atoms with Crippen molar-refractivity contribution in [3.8, 4) is 0 Å². The largest absolute Gasteiger partial charge is 0.273 e. The molecule has 1 N–H and O–H groups in total. The van der Waals surface area contributed by atoms with Crippen LogP contribution in [0.15, 0.2) is 0 Å². The first-order valence-electron chi connectivity index (χ1n) is 4.57. The number of carbonyl (C=O) groups excluding carboxylic acids is 1. The van der Waals surface area contributed by atoms with Crippen LogP contribution in [0, 0.1) is 5.41 Å². The van der Waals surface area contributed by atoms with E-state index in [1.54, 1.807) is 0 Å². The molecule has 0 aliphatic heterocycles. The summed E-state index contributed by atoms with van der Waals surface area (Å²) >= 11 is 0. The lowest BCUT2D eigenvalue weighted by atomic mass is 9.92. The molecule has 0 saturated heterocycles. The Kier molecular flexibility index (Phi) is 3.91. The molecule has 1 amide bonds. The second kappa shape index (κ2) is 4.09. The van der Waals surface area contributed by atoms with Gasteiger partial charge in [-0.15, -0.1) is 0 Å². The average Bonchev–Trinajstić information content (AvgIpc) is 1.78. The molecule has 3 nitrogen and oxygen atoms in total. The Morgan fingerprint density at radius 2 is 1.62 bits per heavy atom. The molecule has 0 rings (SSSR count). The van der Waals surface area contributed by atoms with Gasteiger partial charge in [0.05, 0.1) is 5.60 Å². The van der Waals surface area contributed by atoms with E-state index in [0.29, 0.717) is 6.42 Å². The second-order valence-electron chi connectivity index (χ2n) is 5.48. The van der Waals surface area contributed by atoms with Crippen LogP contribution in [-0.2, 0) is 9.63 Å². The van der Waals surface area contributed by atoms with E-state index >= 15 is 0 Å². The molecule has 3 heteroatoms. The zero-order chi connectivity index (χ0) is 10.7. The summed E-state index contributed by atoms with van der Waals surface area (Å²) in [7, 11) is 0. The van der Waals surface area contributed by atoms with Crippen LogP contribution in [0.1, 0.15) is 48.0 Å². The molecule has 0 atom stereocenters. The Hall–Kier alpha value is -0.570. The zero-order valence-corrected chi connectivity index (χ0v) is 9.52. The van der Waals surface area contributed by atoms with E-state index in [-0.39, 0.29) is 16.9 Å². The highest BCUT2D eigenvalue weighted by atomic mass is 16.7. The van der Waals surface area contributed by atoms with Crippen molar-refractivity contribution < 1.29 is 9.63 Å². The third kappa shape index (κ3) is 9.34. The van der Waals surface area contributed by atoms with E-state index in [9.17, 15) is 4.79 Å². The van der Waals surface area contributed by atoms with Crippen LogP contribution < -0.4 is 5.48 Å². The minimum absolute atomic E-state index is 0.00529. The van der Waals surface area contributed by atoms with E-state index < -0.39 is 0 Å². The van der Waals surface area contributed by atoms with Crippen LogP contribution in [0.5, 0.6) is 0 Å². The Morgan fingerprint density at radius 3 is 1.92 bits per heavy atom. The lowest BCUT2D eigenvalue weighted by molar-refractivity contribution is -0.147. The van der Waals surface area contributed by atoms with E-state index in [2.05, 4.69) is 5.48 Å². The van der Waals surface area contributed by atoms with Gasteiger partial charge in [-0.1, -0.05) is 20.8 Å². The van der Waals surface area contributed by atoms with Crippen LogP contribution in [0.4, 0.5) is 0 Å². The van der Waals surface area contributed by atoms with E-state index in [0.717, 1.165) is 0 Å². The van der Waals surface area contributed by atoms with Gasteiger partial charge < -0.3 is 0 Å². The van der Waals surface area contributed by atoms with Gasteiger partial charge in [-0.25, -0.2) is 5.48 Å². The summed E-state index contributed by atoms with van der Waals surface area (Å²) < 4.78 is 0. The van der Waals surface area contributed by atoms with Crippen molar-refractivity contribution in [3.05, 3.63) is 0 Å². The topological polar surface area (TPSA) is 38.3 Å². The lowest BCUT2D eigenvalue weighted by Crippen LogP contribution is -2.35. The van der Waals surface area contributed by atoms with Crippen molar-refractivity contribution in [2.45, 2.75) is 53.6 Å². The Bertz CT molecular complexity index is 174. The molecule has 0 aliphatic carbocycles. The summed E-state index contributed by atoms with van der Waals surface area (Å²) in [6, 6.07) is 0. The fraction of sp³-hybridized carbons (Fsp3) is 0.900. The smallest absolute Gasteiger partial charge is 0.244 e. The molecule has 0 bridgehead atoms. The van der Waals surface area contributed by atoms with Crippen LogP contribution in [-0.4, -0.2) is 11.5 Å². The highest BCUT2D eigenvalue weighted by Gasteiger charge is 2.18. The highest BCUT2D eigenvalue weighted by molar-refractivity contribution is 5.75. The molecule has 13 heavy (non-hydrogen) atoms. The highest BCUT2D eigenvalue weighted by Crippen LogP contribution is 2.18. The maximum atomic E-state index is 11.3. The monoisotopic (exact) mass is 187 g/mol. The van der Waals surface area contributed by atoms with Gasteiger partial charge in [0.15, 0.2) is 0 Å². The van der Waals surface area contributed by atoms with Crippen molar-refractivity contribution in [1.82, 2.24) is 5.48 Å². The maximum absolute atomic E-state index is 11.3. The first kappa shape index (κ1) is 12.4. The lowest BCUT2D eigenvalue weighted by Gasteiger charge is -2.22. The quantitative estimate of drug-likeness (QED) is 0.673. The third-order valence-corrected chi connectivity index (χ3v) is 1.16. The average molecular weight is 187 g/mol. The summed E-state index contributed by atoms with van der Waals surface area (Å²) in [6.07, 6.45) is 0.475. The SMILES string of the molecule is CC(C)(C)CC(=O)NOC(C)(C)C. The van der Waals surface area contributed by atoms with E-state index in [1.807, 2.05) is 41.5 Å². The molecule has 78 valence electrons. The number of hydroxylamine groups is 1. The van der Waals surface area contributed by atoms with E-state index in [1.165, 1.54) is 0 Å². The predicted octanol–water partition coefficient (Wildman–Crippen LogP) is 2.27. The molecule has 0 aliphatic rings. The molecule has 0 spiro atoms. The van der Waals surface area contributed by atoms with Crippen LogP contribution in [0.3, 0.4) is 0 Å². The summed E-state index contributed by atoms with van der Waals surface area (Å²) in [5, 5.41) is 0. The molecule has 0 unspecified atom stereocenters. The van der Waals surface area contributed by atoms with Gasteiger partial charge in [-0.05, 0) is 26.2 Å². The number of hydrogen-bond donors (Lipinski definition) is 1. The second-order valence-corrected chi connectivity index (χ2v) is 5.48. The van der Waals surface area contributed by atoms with Gasteiger partial charge in [0.1, 0.15) is 0 Å². The van der Waals surface area contributed by atoms with Crippen molar-refractivity contribution in [1.29, 1.82) is 0 Å². The van der Waals surface area contributed by atoms with Crippen molar-refractivity contribution >= 4 is 5.91 Å². The molecule has 0 saturated carbocycles. The summed E-state index contributed by atoms with van der Waals surface area (Å²) in [5.74, 6) is -0.0672. The summed E-state index contributed by atoms with van der Waals surface area (Å²) in [6.45, 7) is 11.7. The van der Waals surface area contributed by atoms with Crippen LogP contribution >= 0.6 is 0 Å². The van der Waals surface area contributed by atoms with Crippen LogP contribution in [0.2, 0.25) is 0 Å². The van der Waals surface area contributed by atoms with Gasteiger partial charge in [0.2, 0.25) is 5.91 Å². The van der Waals surface area contributed by atoms with Crippen molar-refractivity contribution in [3.63, 3.8) is 0 Å². The van der Waals surface area contributed by atoms with Gasteiger partial charge in [0.25, 0.3) is 0 Å². The molecular formula is C10H21NO2. The number of hydrogen-bond acceptors (Lipinski definition) is 2. The molecular weight excluding hydrogens is 166 g/mol. The standard InChI is InChI=1S/C10H21NO2/c1-9(2,3)7-8(12)11-13-10(4,5)6/h7H2,1-6H3,(H,11,12). The molecule has 0 aromatic heterocycles. The Balaban J connectivity index is 3.78. The fourth-order valence-corrected chi connectivity index (χ4v) is 0.728. The van der Waals surface area contributed by atoms with Crippen molar-refractivity contribution in [2.75, 3.05) is 0 Å². The Morgan fingerprint density at radius 1 is 1.15 bits per heavy atom. The number of rotatable bonds is 2. The maximum Gasteiger partial charge on any atom is 0.244 e. The fourth-order valence-electron chi connectivity index (χ4n) is 0.728. The minimum Gasteiger partial charge on any atom is -0.273 e. The van der Waals surface area contributed by atoms with Gasteiger partial charge in [-0.3, -0.25) is 9.63 Å². The summed E-state index contributed by atoms with van der Waals surface area (Å²) in [5.41, 5.74) is 2.12. The minimum atomic E-state index is -0.326. The van der Waals surface area contributed by atoms with Crippen LogP contribution in [0.25, 0.3) is 0 Å². The molecule has 0 aromatic rings.